The third-order valence-electron chi connectivity index (χ3n) is 7.62. The Bertz CT molecular complexity index is 1580. The van der Waals surface area contributed by atoms with Crippen molar-refractivity contribution in [3.63, 3.8) is 0 Å². The van der Waals surface area contributed by atoms with E-state index in [0.717, 1.165) is 58.5 Å². The van der Waals surface area contributed by atoms with E-state index in [1.54, 1.807) is 11.6 Å². The molecular weight excluding hydrogens is 536 g/mol. The van der Waals surface area contributed by atoms with Crippen molar-refractivity contribution in [2.24, 2.45) is 7.05 Å². The van der Waals surface area contributed by atoms with E-state index in [4.69, 9.17) is 24.4 Å². The number of aryl methyl sites for hydroxylation is 1. The monoisotopic (exact) mass is 576 g/mol. The Morgan fingerprint density at radius 1 is 1.21 bits per heavy atom. The van der Waals surface area contributed by atoms with Crippen LogP contribution in [0.2, 0.25) is 0 Å². The summed E-state index contributed by atoms with van der Waals surface area (Å²) < 4.78 is 22.4. The van der Waals surface area contributed by atoms with Crippen LogP contribution in [0.25, 0.3) is 34.3 Å². The van der Waals surface area contributed by atoms with Gasteiger partial charge in [0.1, 0.15) is 11.8 Å². The number of nitrogens with one attached hydrogen (secondary N) is 1. The van der Waals surface area contributed by atoms with E-state index in [0.29, 0.717) is 56.4 Å². The minimum Gasteiger partial charge on any atom is -0.476 e. The van der Waals surface area contributed by atoms with Crippen LogP contribution in [-0.4, -0.2) is 82.8 Å². The Morgan fingerprint density at radius 2 is 2.05 bits per heavy atom. The number of likely N-dealkylation sites (N-methyl/N-ethyl adjacent to an activating group) is 1. The Morgan fingerprint density at radius 3 is 2.79 bits per heavy atom. The highest BCUT2D eigenvalue weighted by atomic mass is 16.5. The topological polar surface area (TPSA) is 128 Å². The van der Waals surface area contributed by atoms with Crippen LogP contribution >= 0.6 is 0 Å². The molecule has 4 aromatic rings. The van der Waals surface area contributed by atoms with Crippen molar-refractivity contribution in [3.05, 3.63) is 34.9 Å². The maximum atomic E-state index is 10.3. The van der Waals surface area contributed by atoms with Gasteiger partial charge in [-0.05, 0) is 58.4 Å². The summed E-state index contributed by atoms with van der Waals surface area (Å²) in [5.41, 5.74) is 5.88. The van der Waals surface area contributed by atoms with Crippen LogP contribution in [0, 0.1) is 0 Å². The molecule has 1 saturated carbocycles. The lowest BCUT2D eigenvalue weighted by Crippen LogP contribution is -2.35. The first-order valence-electron chi connectivity index (χ1n) is 14.8. The van der Waals surface area contributed by atoms with Gasteiger partial charge in [-0.1, -0.05) is 6.92 Å². The fraction of sp³-hybridized carbons (Fsp3) is 0.533. The number of aromatic nitrogens is 7. The van der Waals surface area contributed by atoms with Crippen molar-refractivity contribution in [1.82, 2.24) is 39.6 Å². The molecule has 4 aromatic heterocycles. The van der Waals surface area contributed by atoms with Gasteiger partial charge in [-0.3, -0.25) is 14.7 Å². The van der Waals surface area contributed by atoms with Crippen molar-refractivity contribution >= 4 is 23.2 Å². The van der Waals surface area contributed by atoms with Crippen LogP contribution in [-0.2, 0) is 31.5 Å². The van der Waals surface area contributed by atoms with Crippen molar-refractivity contribution in [1.29, 1.82) is 0 Å². The molecule has 2 bridgehead atoms. The minimum absolute atomic E-state index is 0.152. The van der Waals surface area contributed by atoms with Crippen molar-refractivity contribution in [2.75, 3.05) is 19.7 Å². The molecule has 1 aliphatic heterocycles. The zero-order chi connectivity index (χ0) is 29.4. The molecule has 0 spiro atoms. The summed E-state index contributed by atoms with van der Waals surface area (Å²) in [6, 6.07) is 2.08. The summed E-state index contributed by atoms with van der Waals surface area (Å²) in [7, 11) is 1.91. The highest BCUT2D eigenvalue weighted by Gasteiger charge is 2.28. The largest absolute Gasteiger partial charge is 0.476 e. The highest BCUT2D eigenvalue weighted by Crippen LogP contribution is 2.37. The zero-order valence-electron chi connectivity index (χ0n) is 25.0. The molecule has 0 radical (unpaired) electrons. The quantitative estimate of drug-likeness (QED) is 0.322. The number of nitrogens with zero attached hydrogens (tertiary/aromatic N) is 7. The molecule has 42 heavy (non-hydrogen) atoms. The molecule has 12 heteroatoms. The fourth-order valence-electron chi connectivity index (χ4n) is 5.44. The number of pyridine rings is 1. The van der Waals surface area contributed by atoms with E-state index in [-0.39, 0.29) is 6.10 Å². The van der Waals surface area contributed by atoms with Crippen molar-refractivity contribution < 1.29 is 19.3 Å². The molecule has 1 aliphatic carbocycles. The lowest BCUT2D eigenvalue weighted by atomic mass is 10.1. The average Bonchev–Trinajstić information content (AvgIpc) is 3.53. The molecule has 2 atom stereocenters. The smallest absolute Gasteiger partial charge is 0.240 e. The Hall–Kier alpha value is -3.74. The predicted octanol–water partition coefficient (Wildman–Crippen LogP) is 3.79. The first-order valence-corrected chi connectivity index (χ1v) is 14.8. The highest BCUT2D eigenvalue weighted by molar-refractivity contribution is 5.91. The summed E-state index contributed by atoms with van der Waals surface area (Å²) in [4.78, 5) is 7.00. The Labute approximate surface area is 245 Å². The number of H-pyrrole nitrogens is 1. The molecule has 0 unspecified atom stereocenters. The third-order valence-corrected chi connectivity index (χ3v) is 7.62. The molecule has 2 aliphatic rings. The van der Waals surface area contributed by atoms with E-state index in [1.165, 1.54) is 0 Å². The van der Waals surface area contributed by atoms with Gasteiger partial charge in [-0.2, -0.15) is 10.2 Å². The number of hydrogen-bond donors (Lipinski definition) is 2. The lowest BCUT2D eigenvalue weighted by Gasteiger charge is -2.26. The molecule has 224 valence electrons. The van der Waals surface area contributed by atoms with E-state index < -0.39 is 6.10 Å². The number of fused-ring (bicyclic) bond motifs is 4. The van der Waals surface area contributed by atoms with Crippen LogP contribution in [0.3, 0.4) is 0 Å². The van der Waals surface area contributed by atoms with E-state index in [9.17, 15) is 5.11 Å². The van der Waals surface area contributed by atoms with Gasteiger partial charge in [-0.15, -0.1) is 5.10 Å². The minimum atomic E-state index is -0.566. The number of aliphatic hydroxyl groups excluding tert-OH is 1. The van der Waals surface area contributed by atoms with Gasteiger partial charge >= 0.3 is 0 Å². The summed E-state index contributed by atoms with van der Waals surface area (Å²) >= 11 is 0. The zero-order valence-corrected chi connectivity index (χ0v) is 25.0. The SMILES string of the molecule is CCOc1nn(C[C@H](C)O)c2c1/C=C/c1[nH]nc3ncc(cc13)-c1c(COC3CC3)nn(C)c1O[C@@H](C)CN(CC)C2. The third kappa shape index (κ3) is 5.79. The molecule has 0 aromatic carbocycles. The number of aliphatic hydroxyl groups is 1. The van der Waals surface area contributed by atoms with E-state index in [2.05, 4.69) is 40.0 Å². The molecule has 1 fully saturated rings. The summed E-state index contributed by atoms with van der Waals surface area (Å²) in [6.45, 7) is 11.2. The van der Waals surface area contributed by atoms with Crippen molar-refractivity contribution in [2.45, 2.75) is 78.5 Å². The summed E-state index contributed by atoms with van der Waals surface area (Å²) in [5, 5.41) is 28.3. The second-order valence-electron chi connectivity index (χ2n) is 11.2. The molecule has 0 amide bonds. The second-order valence-corrected chi connectivity index (χ2v) is 11.2. The maximum absolute atomic E-state index is 10.3. The first kappa shape index (κ1) is 28.4. The normalized spacial score (nSPS) is 19.1. The van der Waals surface area contributed by atoms with Gasteiger partial charge in [0.2, 0.25) is 11.8 Å². The Balaban J connectivity index is 1.51. The first-order chi connectivity index (χ1) is 20.3. The standard InChI is InChI=1S/C30H40N8O4/c1-6-37-15-19(4)42-30-27(25(34-36(30)5)17-41-21-8-9-21)20-12-23-24(32-33-28(23)31-13-20)11-10-22-26(16-37)38(14-18(3)39)35-29(22)40-7-2/h10-13,18-19,21,39H,6-9,14-17H2,1-5H3,(H,31,32,33)/b11-10+/t18-,19-/m0/s1. The second kappa shape index (κ2) is 11.9. The molecule has 5 heterocycles. The average molecular weight is 577 g/mol. The van der Waals surface area contributed by atoms with Gasteiger partial charge in [0.05, 0.1) is 54.5 Å². The molecule has 2 N–H and O–H groups in total. The van der Waals surface area contributed by atoms with Gasteiger partial charge < -0.3 is 19.3 Å². The van der Waals surface area contributed by atoms with Gasteiger partial charge in [-0.25, -0.2) is 9.67 Å². The molecular formula is C30H40N8O4. The van der Waals surface area contributed by atoms with Crippen molar-refractivity contribution in [3.8, 4) is 22.9 Å². The number of hydrogen-bond acceptors (Lipinski definition) is 9. The van der Waals surface area contributed by atoms with Crippen LogP contribution in [0.1, 0.15) is 63.2 Å². The summed E-state index contributed by atoms with van der Waals surface area (Å²) in [5.74, 6) is 1.22. The molecule has 12 nitrogen and oxygen atoms in total. The Kier molecular flexibility index (Phi) is 8.02. The maximum Gasteiger partial charge on any atom is 0.240 e. The van der Waals surface area contributed by atoms with Gasteiger partial charge in [0, 0.05) is 37.3 Å². The molecule has 6 rings (SSSR count). The predicted molar refractivity (Wildman–Crippen MR) is 159 cm³/mol. The van der Waals surface area contributed by atoms with Crippen LogP contribution in [0.5, 0.6) is 11.8 Å². The summed E-state index contributed by atoms with van der Waals surface area (Å²) in [6.07, 6.45) is 7.61. The van der Waals surface area contributed by atoms with Crippen LogP contribution in [0.4, 0.5) is 0 Å². The number of ether oxygens (including phenoxy) is 3. The number of rotatable bonds is 8. The number of aromatic amines is 1. The van der Waals surface area contributed by atoms with Crippen LogP contribution in [0.15, 0.2) is 12.3 Å². The molecule has 0 saturated heterocycles. The van der Waals surface area contributed by atoms with Crippen LogP contribution < -0.4 is 9.47 Å². The van der Waals surface area contributed by atoms with E-state index >= 15 is 0 Å². The van der Waals surface area contributed by atoms with Gasteiger partial charge in [0.15, 0.2) is 5.65 Å². The fourth-order valence-corrected chi connectivity index (χ4v) is 5.44. The van der Waals surface area contributed by atoms with Gasteiger partial charge in [0.25, 0.3) is 0 Å². The van der Waals surface area contributed by atoms with E-state index in [1.807, 2.05) is 37.0 Å². The lowest BCUT2D eigenvalue weighted by molar-refractivity contribution is 0.103.